The lowest BCUT2D eigenvalue weighted by Gasteiger charge is -2.23. The van der Waals surface area contributed by atoms with Crippen LogP contribution in [0.3, 0.4) is 0 Å². The van der Waals surface area contributed by atoms with Crippen LogP contribution >= 0.6 is 11.6 Å². The topological polar surface area (TPSA) is 47.9 Å². The molecule has 154 valence electrons. The first-order valence-corrected chi connectivity index (χ1v) is 10.9. The van der Waals surface area contributed by atoms with Crippen LogP contribution in [0, 0.1) is 0 Å². The molecule has 2 unspecified atom stereocenters. The maximum absolute atomic E-state index is 6.20. The van der Waals surface area contributed by atoms with Gasteiger partial charge in [0.1, 0.15) is 17.3 Å². The van der Waals surface area contributed by atoms with Gasteiger partial charge < -0.3 is 4.74 Å². The molecule has 2 atom stereocenters. The summed E-state index contributed by atoms with van der Waals surface area (Å²) >= 11 is 6.20. The van der Waals surface area contributed by atoms with Crippen molar-refractivity contribution in [3.8, 4) is 28.5 Å². The fraction of sp³-hybridized carbons (Fsp3) is 0.0741. The van der Waals surface area contributed by atoms with Crippen LogP contribution in [0.25, 0.3) is 22.8 Å². The smallest absolute Gasteiger partial charge is 0.163 e. The van der Waals surface area contributed by atoms with E-state index in [1.165, 1.54) is 0 Å². The predicted molar refractivity (Wildman–Crippen MR) is 125 cm³/mol. The van der Waals surface area contributed by atoms with Gasteiger partial charge in [-0.25, -0.2) is 15.0 Å². The number of allylic oxidation sites excluding steroid dienone is 4. The van der Waals surface area contributed by atoms with Crippen LogP contribution in [0.4, 0.5) is 0 Å². The molecular formula is C27H18ClN3O. The van der Waals surface area contributed by atoms with E-state index in [9.17, 15) is 0 Å². The molecule has 0 saturated carbocycles. The third kappa shape index (κ3) is 3.29. The first-order chi connectivity index (χ1) is 15.8. The van der Waals surface area contributed by atoms with E-state index < -0.39 is 0 Å². The van der Waals surface area contributed by atoms with Gasteiger partial charge >= 0.3 is 0 Å². The van der Waals surface area contributed by atoms with Crippen molar-refractivity contribution in [2.24, 2.45) is 0 Å². The summed E-state index contributed by atoms with van der Waals surface area (Å²) in [6.07, 6.45) is 6.16. The SMILES string of the molecule is Clc1ccc2c(c1)OC1=CC=CC(c3nc(-c4ccccc4)nc(-c4ccccc4)n3)C12. The summed E-state index contributed by atoms with van der Waals surface area (Å²) in [5.74, 6) is 3.65. The number of ether oxygens (including phenoxy) is 1. The second-order valence-electron chi connectivity index (χ2n) is 7.81. The highest BCUT2D eigenvalue weighted by Crippen LogP contribution is 2.50. The molecule has 3 aromatic carbocycles. The molecule has 0 amide bonds. The van der Waals surface area contributed by atoms with Crippen LogP contribution in [0.1, 0.15) is 23.2 Å². The van der Waals surface area contributed by atoms with Gasteiger partial charge in [-0.3, -0.25) is 0 Å². The van der Waals surface area contributed by atoms with Crippen LogP contribution in [0.2, 0.25) is 5.02 Å². The molecule has 5 heteroatoms. The number of benzene rings is 3. The lowest BCUT2D eigenvalue weighted by atomic mass is 9.82. The van der Waals surface area contributed by atoms with Crippen molar-refractivity contribution in [3.63, 3.8) is 0 Å². The molecule has 1 aliphatic carbocycles. The van der Waals surface area contributed by atoms with Gasteiger partial charge in [-0.05, 0) is 18.2 Å². The van der Waals surface area contributed by atoms with E-state index in [0.717, 1.165) is 34.0 Å². The molecule has 4 nitrogen and oxygen atoms in total. The number of rotatable bonds is 3. The molecule has 0 N–H and O–H groups in total. The van der Waals surface area contributed by atoms with Gasteiger partial charge in [0.2, 0.25) is 0 Å². The van der Waals surface area contributed by atoms with Crippen molar-refractivity contribution < 1.29 is 4.74 Å². The molecule has 6 rings (SSSR count). The predicted octanol–water partition coefficient (Wildman–Crippen LogP) is 6.57. The molecule has 0 spiro atoms. The van der Waals surface area contributed by atoms with Crippen molar-refractivity contribution in [2.45, 2.75) is 11.8 Å². The number of hydrogen-bond acceptors (Lipinski definition) is 4. The number of nitrogens with zero attached hydrogens (tertiary/aromatic N) is 3. The second kappa shape index (κ2) is 7.74. The summed E-state index contributed by atoms with van der Waals surface area (Å²) in [4.78, 5) is 14.6. The minimum Gasteiger partial charge on any atom is -0.461 e. The van der Waals surface area contributed by atoms with Crippen LogP contribution < -0.4 is 4.74 Å². The zero-order chi connectivity index (χ0) is 21.5. The average molecular weight is 436 g/mol. The molecule has 2 heterocycles. The number of halogens is 1. The van der Waals surface area contributed by atoms with Gasteiger partial charge in [0.25, 0.3) is 0 Å². The van der Waals surface area contributed by atoms with E-state index in [1.54, 1.807) is 0 Å². The summed E-state index contributed by atoms with van der Waals surface area (Å²) in [7, 11) is 0. The van der Waals surface area contributed by atoms with Crippen molar-refractivity contribution >= 4 is 11.6 Å². The van der Waals surface area contributed by atoms with Crippen LogP contribution in [-0.2, 0) is 0 Å². The average Bonchev–Trinajstić information content (AvgIpc) is 3.22. The Hall–Kier alpha value is -3.76. The van der Waals surface area contributed by atoms with Crippen LogP contribution in [-0.4, -0.2) is 15.0 Å². The summed E-state index contributed by atoms with van der Waals surface area (Å²) < 4.78 is 6.13. The Balaban J connectivity index is 1.51. The Morgan fingerprint density at radius 2 is 1.41 bits per heavy atom. The third-order valence-electron chi connectivity index (χ3n) is 5.80. The standard InChI is InChI=1S/C27H18ClN3O/c28-19-14-15-20-23(16-19)32-22-13-7-12-21(24(20)22)27-30-25(17-8-3-1-4-9-17)29-26(31-27)18-10-5-2-6-11-18/h1-16,21,24H. The minimum absolute atomic E-state index is 0.00177. The highest BCUT2D eigenvalue weighted by atomic mass is 35.5. The molecule has 0 radical (unpaired) electrons. The Morgan fingerprint density at radius 3 is 2.06 bits per heavy atom. The normalized spacial score (nSPS) is 18.5. The quantitative estimate of drug-likeness (QED) is 0.365. The highest BCUT2D eigenvalue weighted by molar-refractivity contribution is 6.30. The molecule has 1 aromatic heterocycles. The molecule has 32 heavy (non-hydrogen) atoms. The number of fused-ring (bicyclic) bond motifs is 3. The maximum Gasteiger partial charge on any atom is 0.163 e. The molecule has 0 fully saturated rings. The number of hydrogen-bond donors (Lipinski definition) is 0. The van der Waals surface area contributed by atoms with Crippen molar-refractivity contribution in [2.75, 3.05) is 0 Å². The molecule has 4 aromatic rings. The van der Waals surface area contributed by atoms with Gasteiger partial charge in [0.05, 0.1) is 11.8 Å². The Kier molecular flexibility index (Phi) is 4.58. The lowest BCUT2D eigenvalue weighted by Crippen LogP contribution is -2.16. The lowest BCUT2D eigenvalue weighted by molar-refractivity contribution is 0.414. The van der Waals surface area contributed by atoms with Crippen molar-refractivity contribution in [3.05, 3.63) is 119 Å². The fourth-order valence-corrected chi connectivity index (χ4v) is 4.46. The Labute approximate surface area is 190 Å². The van der Waals surface area contributed by atoms with Gasteiger partial charge in [-0.2, -0.15) is 0 Å². The van der Waals surface area contributed by atoms with Gasteiger partial charge in [0, 0.05) is 21.7 Å². The van der Waals surface area contributed by atoms with Gasteiger partial charge in [0.15, 0.2) is 11.6 Å². The van der Waals surface area contributed by atoms with E-state index in [4.69, 9.17) is 31.3 Å². The molecule has 0 saturated heterocycles. The first-order valence-electron chi connectivity index (χ1n) is 10.5. The Bertz CT molecular complexity index is 1310. The summed E-state index contributed by atoms with van der Waals surface area (Å²) in [5, 5.41) is 0.658. The molecule has 0 bridgehead atoms. The molecular weight excluding hydrogens is 418 g/mol. The minimum atomic E-state index is -0.0784. The largest absolute Gasteiger partial charge is 0.461 e. The summed E-state index contributed by atoms with van der Waals surface area (Å²) in [5.41, 5.74) is 3.01. The Morgan fingerprint density at radius 1 is 0.750 bits per heavy atom. The van der Waals surface area contributed by atoms with Gasteiger partial charge in [-0.15, -0.1) is 0 Å². The summed E-state index contributed by atoms with van der Waals surface area (Å²) in [6.45, 7) is 0. The monoisotopic (exact) mass is 435 g/mol. The zero-order valence-corrected chi connectivity index (χ0v) is 17.8. The first kappa shape index (κ1) is 19.0. The highest BCUT2D eigenvalue weighted by Gasteiger charge is 2.38. The van der Waals surface area contributed by atoms with E-state index in [0.29, 0.717) is 16.7 Å². The van der Waals surface area contributed by atoms with E-state index in [2.05, 4.69) is 6.08 Å². The van der Waals surface area contributed by atoms with Crippen molar-refractivity contribution in [1.29, 1.82) is 0 Å². The third-order valence-corrected chi connectivity index (χ3v) is 6.03. The van der Waals surface area contributed by atoms with E-state index in [1.807, 2.05) is 91.0 Å². The van der Waals surface area contributed by atoms with E-state index in [-0.39, 0.29) is 11.8 Å². The molecule has 1 aliphatic heterocycles. The molecule has 2 aliphatic rings. The van der Waals surface area contributed by atoms with Crippen molar-refractivity contribution in [1.82, 2.24) is 15.0 Å². The zero-order valence-electron chi connectivity index (χ0n) is 17.0. The number of aromatic nitrogens is 3. The summed E-state index contributed by atoms with van der Waals surface area (Å²) in [6, 6.07) is 25.8. The maximum atomic E-state index is 6.20. The second-order valence-corrected chi connectivity index (χ2v) is 8.25. The van der Waals surface area contributed by atoms with Crippen LogP contribution in [0.15, 0.2) is 103 Å². The van der Waals surface area contributed by atoms with Crippen LogP contribution in [0.5, 0.6) is 5.75 Å². The fourth-order valence-electron chi connectivity index (χ4n) is 4.30. The van der Waals surface area contributed by atoms with E-state index >= 15 is 0 Å². The van der Waals surface area contributed by atoms with Gasteiger partial charge in [-0.1, -0.05) is 90.5 Å².